The van der Waals surface area contributed by atoms with Crippen LogP contribution in [0.2, 0.25) is 0 Å². The first-order valence-corrected chi connectivity index (χ1v) is 6.95. The molecule has 0 saturated heterocycles. The minimum absolute atomic E-state index is 0.112. The summed E-state index contributed by atoms with van der Waals surface area (Å²) in [7, 11) is 0. The molecule has 0 heterocycles. The lowest BCUT2D eigenvalue weighted by molar-refractivity contribution is 0.103. The molecule has 2 heteroatoms. The van der Waals surface area contributed by atoms with E-state index in [1.54, 1.807) is 0 Å². The maximum Gasteiger partial charge on any atom is 0.193 e. The topological polar surface area (TPSA) is 17.1 Å². The quantitative estimate of drug-likeness (QED) is 0.578. The van der Waals surface area contributed by atoms with E-state index >= 15 is 0 Å². The molecule has 0 N–H and O–H groups in total. The van der Waals surface area contributed by atoms with E-state index in [0.29, 0.717) is 0 Å². The van der Waals surface area contributed by atoms with Crippen molar-refractivity contribution in [3.05, 3.63) is 67.8 Å². The van der Waals surface area contributed by atoms with Crippen LogP contribution in [0.1, 0.15) is 32.6 Å². The van der Waals surface area contributed by atoms with Gasteiger partial charge in [-0.1, -0.05) is 17.7 Å². The van der Waals surface area contributed by atoms with E-state index in [0.717, 1.165) is 25.8 Å². The van der Waals surface area contributed by atoms with E-state index < -0.39 is 0 Å². The fraction of sp³-hybridized carbons (Fsp3) is 0.188. The molecular formula is C16H15IO. The highest BCUT2D eigenvalue weighted by atomic mass is 127. The molecule has 0 unspecified atom stereocenters. The molecule has 0 aliphatic carbocycles. The van der Waals surface area contributed by atoms with Crippen LogP contribution in [0.25, 0.3) is 0 Å². The molecule has 1 nitrogen and oxygen atoms in total. The number of hydrogen-bond donors (Lipinski definition) is 0. The second-order valence-electron chi connectivity index (χ2n) is 4.61. The second-order valence-corrected chi connectivity index (χ2v) is 5.86. The van der Waals surface area contributed by atoms with E-state index in [-0.39, 0.29) is 5.78 Å². The average Bonchev–Trinajstić information content (AvgIpc) is 2.28. The van der Waals surface area contributed by atoms with Gasteiger partial charge in [0.25, 0.3) is 0 Å². The number of hydrogen-bond acceptors (Lipinski definition) is 1. The summed E-state index contributed by atoms with van der Waals surface area (Å²) >= 11 is 2.24. The van der Waals surface area contributed by atoms with Crippen LogP contribution in [-0.2, 0) is 0 Å². The van der Waals surface area contributed by atoms with Crippen molar-refractivity contribution in [3.8, 4) is 0 Å². The van der Waals surface area contributed by atoms with Crippen LogP contribution in [0.5, 0.6) is 0 Å². The van der Waals surface area contributed by atoms with Crippen molar-refractivity contribution in [2.24, 2.45) is 0 Å². The molecule has 92 valence electrons. The highest BCUT2D eigenvalue weighted by Gasteiger charge is 2.14. The number of carbonyl (C=O) groups is 1. The Hall–Kier alpha value is -1.16. The van der Waals surface area contributed by atoms with Crippen LogP contribution in [-0.4, -0.2) is 5.78 Å². The van der Waals surface area contributed by atoms with Crippen LogP contribution in [0.3, 0.4) is 0 Å². The molecule has 2 rings (SSSR count). The van der Waals surface area contributed by atoms with Crippen molar-refractivity contribution >= 4 is 28.4 Å². The van der Waals surface area contributed by atoms with Crippen molar-refractivity contribution in [2.75, 3.05) is 0 Å². The number of aryl methyl sites for hydroxylation is 3. The van der Waals surface area contributed by atoms with Gasteiger partial charge in [0.05, 0.1) is 0 Å². The molecule has 18 heavy (non-hydrogen) atoms. The molecule has 0 bridgehead atoms. The summed E-state index contributed by atoms with van der Waals surface area (Å²) in [5.41, 5.74) is 4.89. The minimum atomic E-state index is 0.112. The molecule has 2 aromatic carbocycles. The normalized spacial score (nSPS) is 10.4. The number of halogens is 1. The van der Waals surface area contributed by atoms with E-state index in [2.05, 4.69) is 41.6 Å². The highest BCUT2D eigenvalue weighted by molar-refractivity contribution is 14.1. The van der Waals surface area contributed by atoms with Gasteiger partial charge in [0, 0.05) is 14.7 Å². The van der Waals surface area contributed by atoms with Gasteiger partial charge in [-0.05, 0) is 78.8 Å². The third-order valence-corrected chi connectivity index (χ3v) is 3.73. The van der Waals surface area contributed by atoms with Gasteiger partial charge in [-0.2, -0.15) is 0 Å². The van der Waals surface area contributed by atoms with Crippen molar-refractivity contribution in [1.82, 2.24) is 0 Å². The third kappa shape index (κ3) is 2.64. The largest absolute Gasteiger partial charge is 0.289 e. The van der Waals surface area contributed by atoms with E-state index in [4.69, 9.17) is 0 Å². The Bertz CT molecular complexity index is 574. The van der Waals surface area contributed by atoms with E-state index in [1.165, 1.54) is 5.56 Å². The predicted octanol–water partition coefficient (Wildman–Crippen LogP) is 4.45. The van der Waals surface area contributed by atoms with E-state index in [9.17, 15) is 4.79 Å². The molecule has 0 saturated carbocycles. The number of ketones is 1. The molecular weight excluding hydrogens is 335 g/mol. The van der Waals surface area contributed by atoms with Crippen molar-refractivity contribution in [1.29, 1.82) is 0 Å². The molecule has 0 atom stereocenters. The van der Waals surface area contributed by atoms with Crippen LogP contribution in [0, 0.1) is 24.3 Å². The van der Waals surface area contributed by atoms with Crippen LogP contribution >= 0.6 is 22.6 Å². The van der Waals surface area contributed by atoms with Crippen LogP contribution in [0.15, 0.2) is 36.4 Å². The summed E-state index contributed by atoms with van der Waals surface area (Å²) in [6, 6.07) is 11.8. The average molecular weight is 350 g/mol. The maximum absolute atomic E-state index is 12.5. The summed E-state index contributed by atoms with van der Waals surface area (Å²) in [6.07, 6.45) is 0. The van der Waals surface area contributed by atoms with Gasteiger partial charge < -0.3 is 0 Å². The smallest absolute Gasteiger partial charge is 0.193 e. The summed E-state index contributed by atoms with van der Waals surface area (Å²) < 4.78 is 1.14. The zero-order valence-corrected chi connectivity index (χ0v) is 12.9. The first kappa shape index (κ1) is 13.3. The first-order valence-electron chi connectivity index (χ1n) is 5.87. The Morgan fingerprint density at radius 2 is 1.44 bits per heavy atom. The van der Waals surface area contributed by atoms with Gasteiger partial charge in [0.1, 0.15) is 0 Å². The Kier molecular flexibility index (Phi) is 3.85. The second kappa shape index (κ2) is 5.22. The Balaban J connectivity index is 2.49. The third-order valence-electron chi connectivity index (χ3n) is 3.01. The fourth-order valence-electron chi connectivity index (χ4n) is 2.28. The fourth-order valence-corrected chi connectivity index (χ4v) is 2.64. The van der Waals surface area contributed by atoms with Gasteiger partial charge in [-0.15, -0.1) is 0 Å². The van der Waals surface area contributed by atoms with Gasteiger partial charge >= 0.3 is 0 Å². The Labute approximate surface area is 121 Å². The molecule has 0 fully saturated rings. The molecule has 0 aliphatic heterocycles. The summed E-state index contributed by atoms with van der Waals surface area (Å²) in [4.78, 5) is 12.5. The molecule has 0 amide bonds. The summed E-state index contributed by atoms with van der Waals surface area (Å²) in [5, 5.41) is 0. The molecule has 0 radical (unpaired) electrons. The molecule has 0 aromatic heterocycles. The Morgan fingerprint density at radius 3 is 1.94 bits per heavy atom. The van der Waals surface area contributed by atoms with Crippen molar-refractivity contribution in [2.45, 2.75) is 20.8 Å². The monoisotopic (exact) mass is 350 g/mol. The number of benzene rings is 2. The minimum Gasteiger partial charge on any atom is -0.289 e. The summed E-state index contributed by atoms with van der Waals surface area (Å²) in [6.45, 7) is 6.05. The first-order chi connectivity index (χ1) is 8.49. The van der Waals surface area contributed by atoms with Crippen LogP contribution in [0.4, 0.5) is 0 Å². The molecule has 0 spiro atoms. The molecule has 0 aliphatic rings. The van der Waals surface area contributed by atoms with Crippen molar-refractivity contribution in [3.63, 3.8) is 0 Å². The van der Waals surface area contributed by atoms with Gasteiger partial charge in [0.15, 0.2) is 5.78 Å². The van der Waals surface area contributed by atoms with Crippen LogP contribution < -0.4 is 0 Å². The SMILES string of the molecule is Cc1cc(C)c(C(=O)c2ccc(I)cc2)c(C)c1. The lowest BCUT2D eigenvalue weighted by Crippen LogP contribution is -2.06. The van der Waals surface area contributed by atoms with Gasteiger partial charge in [0.2, 0.25) is 0 Å². The standard InChI is InChI=1S/C16H15IO/c1-10-8-11(2)15(12(3)9-10)16(18)13-4-6-14(17)7-5-13/h4-9H,1-3H3. The summed E-state index contributed by atoms with van der Waals surface area (Å²) in [5.74, 6) is 0.112. The number of rotatable bonds is 2. The lowest BCUT2D eigenvalue weighted by Gasteiger charge is -2.10. The number of carbonyl (C=O) groups excluding carboxylic acids is 1. The highest BCUT2D eigenvalue weighted by Crippen LogP contribution is 2.20. The molecule has 2 aromatic rings. The zero-order valence-electron chi connectivity index (χ0n) is 10.8. The van der Waals surface area contributed by atoms with Gasteiger partial charge in [-0.3, -0.25) is 4.79 Å². The zero-order chi connectivity index (χ0) is 13.3. The Morgan fingerprint density at radius 1 is 0.944 bits per heavy atom. The van der Waals surface area contributed by atoms with Crippen molar-refractivity contribution < 1.29 is 4.79 Å². The maximum atomic E-state index is 12.5. The predicted molar refractivity (Wildman–Crippen MR) is 83.2 cm³/mol. The van der Waals surface area contributed by atoms with E-state index in [1.807, 2.05) is 38.1 Å². The van der Waals surface area contributed by atoms with Gasteiger partial charge in [-0.25, -0.2) is 0 Å². The lowest BCUT2D eigenvalue weighted by atomic mass is 9.93.